The SMILES string of the molecule is COC(=O)C1CN(C(=O)C2CC(=O)N(C(C)C)C2)CCO1. The molecule has 2 rings (SSSR count). The van der Waals surface area contributed by atoms with Crippen LogP contribution in [0.3, 0.4) is 0 Å². The normalized spacial score (nSPS) is 26.4. The van der Waals surface area contributed by atoms with E-state index < -0.39 is 12.1 Å². The molecule has 2 atom stereocenters. The lowest BCUT2D eigenvalue weighted by Gasteiger charge is -2.33. The average Bonchev–Trinajstić information content (AvgIpc) is 2.88. The lowest BCUT2D eigenvalue weighted by atomic mass is 10.1. The molecule has 21 heavy (non-hydrogen) atoms. The summed E-state index contributed by atoms with van der Waals surface area (Å²) in [7, 11) is 1.29. The molecule has 2 amide bonds. The molecule has 0 spiro atoms. The summed E-state index contributed by atoms with van der Waals surface area (Å²) < 4.78 is 9.95. The van der Waals surface area contributed by atoms with Gasteiger partial charge in [0.15, 0.2) is 6.10 Å². The lowest BCUT2D eigenvalue weighted by Crippen LogP contribution is -2.50. The number of hydrogen-bond acceptors (Lipinski definition) is 5. The van der Waals surface area contributed by atoms with E-state index in [1.165, 1.54) is 7.11 Å². The van der Waals surface area contributed by atoms with Crippen molar-refractivity contribution in [2.24, 2.45) is 5.92 Å². The first-order valence-corrected chi connectivity index (χ1v) is 7.21. The van der Waals surface area contributed by atoms with Gasteiger partial charge >= 0.3 is 5.97 Å². The second kappa shape index (κ2) is 6.43. The van der Waals surface area contributed by atoms with Gasteiger partial charge in [0, 0.05) is 25.6 Å². The Balaban J connectivity index is 1.97. The molecule has 2 heterocycles. The van der Waals surface area contributed by atoms with Crippen molar-refractivity contribution in [3.05, 3.63) is 0 Å². The summed E-state index contributed by atoms with van der Waals surface area (Å²) in [6, 6.07) is 0.0998. The monoisotopic (exact) mass is 298 g/mol. The van der Waals surface area contributed by atoms with Crippen LogP contribution in [0.2, 0.25) is 0 Å². The fourth-order valence-corrected chi connectivity index (χ4v) is 2.78. The Labute approximate surface area is 124 Å². The molecular weight excluding hydrogens is 276 g/mol. The van der Waals surface area contributed by atoms with E-state index >= 15 is 0 Å². The Bertz CT molecular complexity index is 437. The van der Waals surface area contributed by atoms with Crippen LogP contribution >= 0.6 is 0 Å². The summed E-state index contributed by atoms with van der Waals surface area (Å²) in [5.74, 6) is -0.861. The highest BCUT2D eigenvalue weighted by Crippen LogP contribution is 2.23. The average molecular weight is 298 g/mol. The van der Waals surface area contributed by atoms with Crippen LogP contribution in [0, 0.1) is 5.92 Å². The number of likely N-dealkylation sites (tertiary alicyclic amines) is 1. The van der Waals surface area contributed by atoms with Crippen molar-refractivity contribution in [2.75, 3.05) is 33.4 Å². The smallest absolute Gasteiger partial charge is 0.336 e. The Kier molecular flexibility index (Phi) is 4.82. The fourth-order valence-electron chi connectivity index (χ4n) is 2.78. The van der Waals surface area contributed by atoms with Crippen LogP contribution in [-0.4, -0.2) is 73.1 Å². The van der Waals surface area contributed by atoms with Gasteiger partial charge in [-0.15, -0.1) is 0 Å². The zero-order valence-corrected chi connectivity index (χ0v) is 12.7. The highest BCUT2D eigenvalue weighted by Gasteiger charge is 2.39. The van der Waals surface area contributed by atoms with Gasteiger partial charge in [-0.2, -0.15) is 0 Å². The maximum absolute atomic E-state index is 12.5. The number of ether oxygens (including phenoxy) is 2. The largest absolute Gasteiger partial charge is 0.467 e. The molecule has 7 nitrogen and oxygen atoms in total. The molecule has 2 aliphatic heterocycles. The van der Waals surface area contributed by atoms with E-state index in [-0.39, 0.29) is 36.7 Å². The van der Waals surface area contributed by atoms with E-state index in [0.717, 1.165) is 0 Å². The minimum Gasteiger partial charge on any atom is -0.467 e. The van der Waals surface area contributed by atoms with E-state index in [9.17, 15) is 14.4 Å². The van der Waals surface area contributed by atoms with Gasteiger partial charge in [0.25, 0.3) is 0 Å². The number of nitrogens with zero attached hydrogens (tertiary/aromatic N) is 2. The molecule has 2 unspecified atom stereocenters. The van der Waals surface area contributed by atoms with Crippen LogP contribution in [-0.2, 0) is 23.9 Å². The molecule has 0 aromatic carbocycles. The molecule has 0 saturated carbocycles. The first-order valence-electron chi connectivity index (χ1n) is 7.21. The molecule has 0 bridgehead atoms. The standard InChI is InChI=1S/C14H22N2O5/c1-9(2)16-7-10(6-12(16)17)13(18)15-4-5-21-11(8-15)14(19)20-3/h9-11H,4-8H2,1-3H3. The molecule has 0 N–H and O–H groups in total. The quantitative estimate of drug-likeness (QED) is 0.665. The molecular formula is C14H22N2O5. The van der Waals surface area contributed by atoms with Crippen molar-refractivity contribution in [1.29, 1.82) is 0 Å². The van der Waals surface area contributed by atoms with Crippen molar-refractivity contribution >= 4 is 17.8 Å². The second-order valence-corrected chi connectivity index (χ2v) is 5.71. The molecule has 118 valence electrons. The first kappa shape index (κ1) is 15.8. The predicted molar refractivity (Wildman–Crippen MR) is 73.3 cm³/mol. The van der Waals surface area contributed by atoms with Crippen molar-refractivity contribution in [3.63, 3.8) is 0 Å². The number of carbonyl (C=O) groups excluding carboxylic acids is 3. The summed E-state index contributed by atoms with van der Waals surface area (Å²) >= 11 is 0. The highest BCUT2D eigenvalue weighted by molar-refractivity contribution is 5.89. The molecule has 2 fully saturated rings. The minimum absolute atomic E-state index is 0.0149. The van der Waals surface area contributed by atoms with Gasteiger partial charge in [0.2, 0.25) is 11.8 Å². The van der Waals surface area contributed by atoms with E-state index in [0.29, 0.717) is 19.7 Å². The molecule has 0 aromatic rings. The topological polar surface area (TPSA) is 76.2 Å². The van der Waals surface area contributed by atoms with Crippen LogP contribution in [0.5, 0.6) is 0 Å². The van der Waals surface area contributed by atoms with Gasteiger partial charge < -0.3 is 19.3 Å². The number of methoxy groups -OCH3 is 1. The van der Waals surface area contributed by atoms with Crippen LogP contribution < -0.4 is 0 Å². The Morgan fingerprint density at radius 3 is 2.62 bits per heavy atom. The number of rotatable bonds is 3. The molecule has 0 radical (unpaired) electrons. The van der Waals surface area contributed by atoms with Gasteiger partial charge in [0.1, 0.15) is 0 Å². The lowest BCUT2D eigenvalue weighted by molar-refractivity contribution is -0.163. The zero-order valence-electron chi connectivity index (χ0n) is 12.7. The summed E-state index contributed by atoms with van der Waals surface area (Å²) in [4.78, 5) is 39.2. The minimum atomic E-state index is -0.731. The Morgan fingerprint density at radius 2 is 2.05 bits per heavy atom. The number of carbonyl (C=O) groups is 3. The van der Waals surface area contributed by atoms with Crippen molar-refractivity contribution in [3.8, 4) is 0 Å². The van der Waals surface area contributed by atoms with Gasteiger partial charge in [-0.05, 0) is 13.8 Å². The molecule has 2 saturated heterocycles. The van der Waals surface area contributed by atoms with Crippen LogP contribution in [0.15, 0.2) is 0 Å². The second-order valence-electron chi connectivity index (χ2n) is 5.71. The van der Waals surface area contributed by atoms with Crippen LogP contribution in [0.4, 0.5) is 0 Å². The number of esters is 1. The summed E-state index contributed by atoms with van der Waals surface area (Å²) in [6.07, 6.45) is -0.483. The third-order valence-electron chi connectivity index (χ3n) is 3.97. The van der Waals surface area contributed by atoms with Gasteiger partial charge in [-0.3, -0.25) is 9.59 Å². The maximum atomic E-state index is 12.5. The summed E-state index contributed by atoms with van der Waals surface area (Å²) in [5, 5.41) is 0. The maximum Gasteiger partial charge on any atom is 0.336 e. The van der Waals surface area contributed by atoms with E-state index in [2.05, 4.69) is 4.74 Å². The molecule has 0 aliphatic carbocycles. The van der Waals surface area contributed by atoms with E-state index in [4.69, 9.17) is 4.74 Å². The van der Waals surface area contributed by atoms with E-state index in [1.54, 1.807) is 9.80 Å². The first-order chi connectivity index (χ1) is 9.93. The van der Waals surface area contributed by atoms with Gasteiger partial charge in [-0.1, -0.05) is 0 Å². The predicted octanol–water partition coefficient (Wildman–Crippen LogP) is -0.356. The summed E-state index contributed by atoms with van der Waals surface area (Å²) in [5.41, 5.74) is 0. The van der Waals surface area contributed by atoms with Crippen molar-refractivity contribution in [1.82, 2.24) is 9.80 Å². The van der Waals surface area contributed by atoms with Gasteiger partial charge in [0.05, 0.1) is 26.2 Å². The van der Waals surface area contributed by atoms with Crippen molar-refractivity contribution in [2.45, 2.75) is 32.4 Å². The molecule has 7 heteroatoms. The highest BCUT2D eigenvalue weighted by atomic mass is 16.6. The van der Waals surface area contributed by atoms with E-state index in [1.807, 2.05) is 13.8 Å². The number of morpholine rings is 1. The number of hydrogen-bond donors (Lipinski definition) is 0. The molecule has 2 aliphatic rings. The Hall–Kier alpha value is -1.63. The van der Waals surface area contributed by atoms with Crippen molar-refractivity contribution < 1.29 is 23.9 Å². The summed E-state index contributed by atoms with van der Waals surface area (Å²) in [6.45, 7) is 5.27. The molecule has 0 aromatic heterocycles. The van der Waals surface area contributed by atoms with Crippen LogP contribution in [0.25, 0.3) is 0 Å². The number of amides is 2. The van der Waals surface area contributed by atoms with Crippen LogP contribution in [0.1, 0.15) is 20.3 Å². The third-order valence-corrected chi connectivity index (χ3v) is 3.97. The Morgan fingerprint density at radius 1 is 1.33 bits per heavy atom. The third kappa shape index (κ3) is 3.34. The fraction of sp³-hybridized carbons (Fsp3) is 0.786. The zero-order chi connectivity index (χ0) is 15.6. The van der Waals surface area contributed by atoms with Gasteiger partial charge in [-0.25, -0.2) is 4.79 Å².